The zero-order valence-electron chi connectivity index (χ0n) is 16.4. The molecule has 0 aliphatic heterocycles. The molecular weight excluding hydrogens is 402 g/mol. The van der Waals surface area contributed by atoms with Crippen LogP contribution in [0.15, 0.2) is 77.9 Å². The number of nitrogens with one attached hydrogen (secondary N) is 1. The van der Waals surface area contributed by atoms with Gasteiger partial charge in [0.1, 0.15) is 0 Å². The Morgan fingerprint density at radius 1 is 1.10 bits per heavy atom. The van der Waals surface area contributed by atoms with Crippen molar-refractivity contribution in [2.24, 2.45) is 5.10 Å². The van der Waals surface area contributed by atoms with Crippen molar-refractivity contribution < 1.29 is 24.7 Å². The zero-order chi connectivity index (χ0) is 22.4. The summed E-state index contributed by atoms with van der Waals surface area (Å²) in [4.78, 5) is 23.4. The maximum atomic E-state index is 13.0. The van der Waals surface area contributed by atoms with Crippen LogP contribution in [0.1, 0.15) is 16.7 Å². The predicted octanol–water partition coefficient (Wildman–Crippen LogP) is 2.70. The van der Waals surface area contributed by atoms with Crippen molar-refractivity contribution in [1.29, 1.82) is 0 Å². The number of ether oxygens (including phenoxy) is 1. The average molecular weight is 421 g/mol. The summed E-state index contributed by atoms with van der Waals surface area (Å²) in [7, 11) is 1.25. The van der Waals surface area contributed by atoms with Crippen LogP contribution in [0, 0.1) is 10.1 Å². The highest BCUT2D eigenvalue weighted by Crippen LogP contribution is 2.33. The Morgan fingerprint density at radius 3 is 2.13 bits per heavy atom. The summed E-state index contributed by atoms with van der Waals surface area (Å²) in [5.74, 6) is -1.35. The monoisotopic (exact) mass is 421 g/mol. The van der Waals surface area contributed by atoms with Gasteiger partial charge in [-0.25, -0.2) is 5.43 Å². The molecule has 31 heavy (non-hydrogen) atoms. The van der Waals surface area contributed by atoms with Crippen LogP contribution in [-0.4, -0.2) is 34.4 Å². The number of hydrogen-bond donors (Lipinski definition) is 3. The van der Waals surface area contributed by atoms with Crippen LogP contribution in [0.4, 0.5) is 5.69 Å². The fourth-order valence-electron chi connectivity index (χ4n) is 3.00. The molecule has 9 nitrogen and oxygen atoms in total. The zero-order valence-corrected chi connectivity index (χ0v) is 16.4. The summed E-state index contributed by atoms with van der Waals surface area (Å²) < 4.78 is 4.93. The van der Waals surface area contributed by atoms with Gasteiger partial charge >= 0.3 is 0 Å². The van der Waals surface area contributed by atoms with E-state index >= 15 is 0 Å². The van der Waals surface area contributed by atoms with Crippen molar-refractivity contribution in [3.63, 3.8) is 0 Å². The molecule has 3 aromatic carbocycles. The second kappa shape index (κ2) is 9.06. The summed E-state index contributed by atoms with van der Waals surface area (Å²) in [6.45, 7) is 0. The van der Waals surface area contributed by atoms with E-state index in [1.807, 2.05) is 0 Å². The quantitative estimate of drug-likeness (QED) is 0.305. The van der Waals surface area contributed by atoms with Gasteiger partial charge in [-0.15, -0.1) is 0 Å². The van der Waals surface area contributed by atoms with E-state index in [1.165, 1.54) is 7.11 Å². The minimum Gasteiger partial charge on any atom is -0.504 e. The Labute approximate surface area is 177 Å². The number of phenols is 1. The molecule has 0 saturated carbocycles. The van der Waals surface area contributed by atoms with Crippen molar-refractivity contribution in [3.8, 4) is 11.5 Å². The molecule has 0 atom stereocenters. The number of benzene rings is 3. The molecule has 1 amide bonds. The van der Waals surface area contributed by atoms with E-state index in [-0.39, 0.29) is 22.7 Å². The van der Waals surface area contributed by atoms with Gasteiger partial charge < -0.3 is 14.9 Å². The van der Waals surface area contributed by atoms with E-state index < -0.39 is 16.4 Å². The number of nitro groups is 1. The summed E-state index contributed by atoms with van der Waals surface area (Å²) in [5, 5.41) is 36.4. The van der Waals surface area contributed by atoms with Crippen molar-refractivity contribution in [3.05, 3.63) is 99.6 Å². The maximum Gasteiger partial charge on any atom is 0.281 e. The molecule has 0 heterocycles. The fourth-order valence-corrected chi connectivity index (χ4v) is 3.00. The molecule has 0 unspecified atom stereocenters. The first-order chi connectivity index (χ1) is 14.9. The summed E-state index contributed by atoms with van der Waals surface area (Å²) in [6, 6.07) is 18.8. The molecule has 0 radical (unpaired) electrons. The number of phenolic OH excluding ortho intramolecular Hbond substituents is 1. The minimum absolute atomic E-state index is 0.0469. The molecule has 3 rings (SSSR count). The number of carbonyl (C=O) groups excluding carboxylic acids is 1. The molecule has 9 heteroatoms. The first-order valence-corrected chi connectivity index (χ1v) is 9.10. The normalized spacial score (nSPS) is 11.3. The molecule has 0 aliphatic rings. The number of hydrazone groups is 1. The molecule has 0 saturated heterocycles. The van der Waals surface area contributed by atoms with E-state index in [9.17, 15) is 25.1 Å². The van der Waals surface area contributed by atoms with E-state index in [2.05, 4.69) is 10.5 Å². The van der Waals surface area contributed by atoms with Gasteiger partial charge in [-0.05, 0) is 11.1 Å². The number of carbonyl (C=O) groups is 1. The van der Waals surface area contributed by atoms with Gasteiger partial charge in [0.05, 0.1) is 24.3 Å². The van der Waals surface area contributed by atoms with E-state index in [0.717, 1.165) is 18.3 Å². The summed E-state index contributed by atoms with van der Waals surface area (Å²) >= 11 is 0. The smallest absolute Gasteiger partial charge is 0.281 e. The Morgan fingerprint density at radius 2 is 1.65 bits per heavy atom. The minimum atomic E-state index is -2.04. The number of rotatable bonds is 7. The fraction of sp³-hybridized carbons (Fsp3) is 0.0909. The van der Waals surface area contributed by atoms with Crippen LogP contribution < -0.4 is 10.2 Å². The third kappa shape index (κ3) is 4.36. The number of methoxy groups -OCH3 is 1. The Kier molecular flexibility index (Phi) is 6.27. The molecule has 0 fully saturated rings. The largest absolute Gasteiger partial charge is 0.504 e. The lowest BCUT2D eigenvalue weighted by Crippen LogP contribution is -2.43. The second-order valence-corrected chi connectivity index (χ2v) is 6.48. The number of nitro benzene ring substituents is 1. The molecule has 3 aromatic rings. The number of hydrogen-bond acceptors (Lipinski definition) is 7. The highest BCUT2D eigenvalue weighted by molar-refractivity contribution is 5.92. The summed E-state index contributed by atoms with van der Waals surface area (Å²) in [5.41, 5.74) is 0.483. The van der Waals surface area contributed by atoms with Crippen molar-refractivity contribution in [2.75, 3.05) is 7.11 Å². The van der Waals surface area contributed by atoms with Crippen LogP contribution in [0.2, 0.25) is 0 Å². The van der Waals surface area contributed by atoms with Gasteiger partial charge in [0.15, 0.2) is 17.1 Å². The van der Waals surface area contributed by atoms with Crippen LogP contribution in [0.3, 0.4) is 0 Å². The number of aromatic hydroxyl groups is 1. The first-order valence-electron chi connectivity index (χ1n) is 9.10. The van der Waals surface area contributed by atoms with Gasteiger partial charge in [0.2, 0.25) is 0 Å². The third-order valence-electron chi connectivity index (χ3n) is 4.60. The Hall–Kier alpha value is -4.24. The lowest BCUT2D eigenvalue weighted by Gasteiger charge is -2.27. The molecule has 0 aromatic heterocycles. The Balaban J connectivity index is 1.93. The van der Waals surface area contributed by atoms with Gasteiger partial charge in [0.25, 0.3) is 11.6 Å². The van der Waals surface area contributed by atoms with E-state index in [1.54, 1.807) is 60.7 Å². The van der Waals surface area contributed by atoms with Gasteiger partial charge in [0, 0.05) is 11.6 Å². The highest BCUT2D eigenvalue weighted by atomic mass is 16.6. The standard InChI is InChI=1S/C22H19N3O6/c1-31-19-13-18(25(29)30)12-15(20(19)26)14-23-24-21(27)22(28,16-8-4-2-5-9-16)17-10-6-3-7-11-17/h2-14,26,28H,1H3,(H,24,27)/b23-14+. The number of aliphatic hydroxyl groups is 1. The molecule has 0 spiro atoms. The van der Waals surface area contributed by atoms with Crippen molar-refractivity contribution in [2.45, 2.75) is 5.60 Å². The maximum absolute atomic E-state index is 13.0. The van der Waals surface area contributed by atoms with Crippen LogP contribution >= 0.6 is 0 Å². The van der Waals surface area contributed by atoms with E-state index in [4.69, 9.17) is 4.74 Å². The summed E-state index contributed by atoms with van der Waals surface area (Å²) in [6.07, 6.45) is 1.03. The number of non-ortho nitro benzene ring substituents is 1. The average Bonchev–Trinajstić information content (AvgIpc) is 2.80. The number of amides is 1. The van der Waals surface area contributed by atoms with Crippen LogP contribution in [0.5, 0.6) is 11.5 Å². The molecular formula is C22H19N3O6. The lowest BCUT2D eigenvalue weighted by atomic mass is 9.85. The SMILES string of the molecule is COc1cc([N+](=O)[O-])cc(/C=N/NC(=O)C(O)(c2ccccc2)c2ccccc2)c1O. The van der Waals surface area contributed by atoms with E-state index in [0.29, 0.717) is 11.1 Å². The second-order valence-electron chi connectivity index (χ2n) is 6.48. The topological polar surface area (TPSA) is 134 Å². The highest BCUT2D eigenvalue weighted by Gasteiger charge is 2.39. The Bertz CT molecular complexity index is 1080. The predicted molar refractivity (Wildman–Crippen MR) is 113 cm³/mol. The van der Waals surface area contributed by atoms with Gasteiger partial charge in [-0.1, -0.05) is 60.7 Å². The number of nitrogens with zero attached hydrogens (tertiary/aromatic N) is 2. The molecule has 0 aliphatic carbocycles. The van der Waals surface area contributed by atoms with Crippen molar-refractivity contribution >= 4 is 17.8 Å². The molecule has 3 N–H and O–H groups in total. The lowest BCUT2D eigenvalue weighted by molar-refractivity contribution is -0.385. The molecule has 0 bridgehead atoms. The first kappa shape index (κ1) is 21.5. The van der Waals surface area contributed by atoms with Crippen molar-refractivity contribution in [1.82, 2.24) is 5.43 Å². The van der Waals surface area contributed by atoms with Gasteiger partial charge in [-0.2, -0.15) is 5.10 Å². The third-order valence-corrected chi connectivity index (χ3v) is 4.60. The van der Waals surface area contributed by atoms with Crippen LogP contribution in [0.25, 0.3) is 0 Å². The van der Waals surface area contributed by atoms with Crippen LogP contribution in [-0.2, 0) is 10.4 Å². The van der Waals surface area contributed by atoms with Gasteiger partial charge in [-0.3, -0.25) is 14.9 Å². The molecule has 158 valence electrons.